The highest BCUT2D eigenvalue weighted by atomic mass is 16.4. The fourth-order valence-electron chi connectivity index (χ4n) is 3.23. The van der Waals surface area contributed by atoms with Crippen molar-refractivity contribution >= 4 is 17.0 Å². The highest BCUT2D eigenvalue weighted by Crippen LogP contribution is 2.35. The maximum absolute atomic E-state index is 12.7. The second-order valence-electron chi connectivity index (χ2n) is 6.31. The van der Waals surface area contributed by atoms with Crippen LogP contribution in [0.15, 0.2) is 100 Å². The van der Waals surface area contributed by atoms with Crippen molar-refractivity contribution in [3.63, 3.8) is 0 Å². The van der Waals surface area contributed by atoms with Gasteiger partial charge >= 0.3 is 5.63 Å². The van der Waals surface area contributed by atoms with Crippen LogP contribution >= 0.6 is 0 Å². The third-order valence-corrected chi connectivity index (χ3v) is 4.57. The van der Waals surface area contributed by atoms with Gasteiger partial charge in [-0.05, 0) is 23.3 Å². The first kappa shape index (κ1) is 16.9. The molecule has 1 heterocycles. The number of allylic oxidation sites excluding steroid dienone is 1. The Kier molecular flexibility index (Phi) is 4.58. The maximum Gasteiger partial charge on any atom is 0.344 e. The van der Waals surface area contributed by atoms with Crippen molar-refractivity contribution < 1.29 is 9.52 Å². The SMILES string of the molecule is O=c1oc2ccccc2c(O)c1C(/C=C/c1ccccc1)c1ccccc1. The van der Waals surface area contributed by atoms with E-state index in [4.69, 9.17) is 4.42 Å². The molecule has 1 aromatic heterocycles. The van der Waals surface area contributed by atoms with E-state index >= 15 is 0 Å². The second-order valence-corrected chi connectivity index (χ2v) is 6.31. The van der Waals surface area contributed by atoms with E-state index in [1.165, 1.54) is 0 Å². The fourth-order valence-corrected chi connectivity index (χ4v) is 3.23. The Labute approximate surface area is 156 Å². The van der Waals surface area contributed by atoms with Crippen LogP contribution in [0.1, 0.15) is 22.6 Å². The van der Waals surface area contributed by atoms with E-state index in [2.05, 4.69) is 0 Å². The number of rotatable bonds is 4. The summed E-state index contributed by atoms with van der Waals surface area (Å²) in [7, 11) is 0. The van der Waals surface area contributed by atoms with Gasteiger partial charge in [0.2, 0.25) is 0 Å². The molecule has 0 bridgehead atoms. The third kappa shape index (κ3) is 3.40. The number of hydrogen-bond acceptors (Lipinski definition) is 3. The Hall–Kier alpha value is -3.59. The summed E-state index contributed by atoms with van der Waals surface area (Å²) >= 11 is 0. The predicted molar refractivity (Wildman–Crippen MR) is 108 cm³/mol. The monoisotopic (exact) mass is 354 g/mol. The summed E-state index contributed by atoms with van der Waals surface area (Å²) in [6, 6.07) is 26.5. The van der Waals surface area contributed by atoms with Gasteiger partial charge in [-0.3, -0.25) is 0 Å². The molecule has 0 spiro atoms. The van der Waals surface area contributed by atoms with Crippen LogP contribution in [0.4, 0.5) is 0 Å². The van der Waals surface area contributed by atoms with Crippen LogP contribution in [-0.2, 0) is 0 Å². The summed E-state index contributed by atoms with van der Waals surface area (Å²) in [5.41, 5.74) is 2.01. The van der Waals surface area contributed by atoms with Crippen LogP contribution in [0.2, 0.25) is 0 Å². The molecule has 0 amide bonds. The van der Waals surface area contributed by atoms with E-state index < -0.39 is 11.5 Å². The van der Waals surface area contributed by atoms with Gasteiger partial charge in [-0.1, -0.05) is 84.9 Å². The smallest absolute Gasteiger partial charge is 0.344 e. The Morgan fingerprint density at radius 2 is 1.44 bits per heavy atom. The lowest BCUT2D eigenvalue weighted by molar-refractivity contribution is 0.456. The molecule has 27 heavy (non-hydrogen) atoms. The zero-order valence-corrected chi connectivity index (χ0v) is 14.6. The van der Waals surface area contributed by atoms with E-state index in [9.17, 15) is 9.90 Å². The molecule has 3 nitrogen and oxygen atoms in total. The van der Waals surface area contributed by atoms with Gasteiger partial charge in [0, 0.05) is 5.92 Å². The van der Waals surface area contributed by atoms with Crippen molar-refractivity contribution in [2.75, 3.05) is 0 Å². The largest absolute Gasteiger partial charge is 0.507 e. The Bertz CT molecular complexity index is 1140. The minimum atomic E-state index is -0.530. The van der Waals surface area contributed by atoms with E-state index in [0.29, 0.717) is 11.0 Å². The fraction of sp³-hybridized carbons (Fsp3) is 0.0417. The molecule has 0 aliphatic rings. The van der Waals surface area contributed by atoms with Crippen LogP contribution in [0.3, 0.4) is 0 Å². The minimum Gasteiger partial charge on any atom is -0.507 e. The highest BCUT2D eigenvalue weighted by Gasteiger charge is 2.22. The average Bonchev–Trinajstić information content (AvgIpc) is 2.72. The molecule has 1 unspecified atom stereocenters. The molecule has 0 radical (unpaired) electrons. The molecule has 1 atom stereocenters. The molecule has 4 aromatic rings. The van der Waals surface area contributed by atoms with Gasteiger partial charge in [-0.15, -0.1) is 0 Å². The van der Waals surface area contributed by atoms with Crippen LogP contribution in [0, 0.1) is 0 Å². The summed E-state index contributed by atoms with van der Waals surface area (Å²) in [5.74, 6) is -0.458. The first-order chi connectivity index (χ1) is 13.2. The van der Waals surface area contributed by atoms with Gasteiger partial charge in [0.25, 0.3) is 0 Å². The number of para-hydroxylation sites is 1. The summed E-state index contributed by atoms with van der Waals surface area (Å²) < 4.78 is 5.48. The van der Waals surface area contributed by atoms with Crippen molar-refractivity contribution in [3.8, 4) is 5.75 Å². The van der Waals surface area contributed by atoms with E-state index in [-0.39, 0.29) is 11.3 Å². The normalized spacial score (nSPS) is 12.4. The van der Waals surface area contributed by atoms with Crippen molar-refractivity contribution in [2.45, 2.75) is 5.92 Å². The first-order valence-electron chi connectivity index (χ1n) is 8.77. The number of fused-ring (bicyclic) bond motifs is 1. The van der Waals surface area contributed by atoms with Crippen molar-refractivity contribution in [3.05, 3.63) is 118 Å². The number of benzene rings is 3. The molecular formula is C24H18O3. The quantitative estimate of drug-likeness (QED) is 0.503. The third-order valence-electron chi connectivity index (χ3n) is 4.57. The second kappa shape index (κ2) is 7.34. The average molecular weight is 354 g/mol. The molecule has 0 aliphatic carbocycles. The molecule has 0 saturated carbocycles. The zero-order valence-electron chi connectivity index (χ0n) is 14.6. The van der Waals surface area contributed by atoms with Gasteiger partial charge in [0.1, 0.15) is 11.3 Å². The molecule has 1 N–H and O–H groups in total. The minimum absolute atomic E-state index is 0.0339. The molecule has 0 saturated heterocycles. The standard InChI is InChI=1S/C24H18O3/c25-23-20-13-7-8-14-21(20)27-24(26)22(23)19(18-11-5-2-6-12-18)16-15-17-9-3-1-4-10-17/h1-16,19,25H/b16-15+. The molecule has 3 aromatic carbocycles. The van der Waals surface area contributed by atoms with Gasteiger partial charge in [-0.2, -0.15) is 0 Å². The lowest BCUT2D eigenvalue weighted by Crippen LogP contribution is -2.13. The van der Waals surface area contributed by atoms with Crippen molar-refractivity contribution in [1.82, 2.24) is 0 Å². The molecule has 0 fully saturated rings. The van der Waals surface area contributed by atoms with Gasteiger partial charge in [0.15, 0.2) is 0 Å². The maximum atomic E-state index is 12.7. The summed E-state index contributed by atoms with van der Waals surface area (Å²) in [5, 5.41) is 11.4. The zero-order chi connectivity index (χ0) is 18.6. The molecule has 0 aliphatic heterocycles. The summed E-state index contributed by atoms with van der Waals surface area (Å²) in [6.45, 7) is 0. The van der Waals surface area contributed by atoms with Crippen LogP contribution in [0.25, 0.3) is 17.0 Å². The van der Waals surface area contributed by atoms with Crippen molar-refractivity contribution in [2.24, 2.45) is 0 Å². The Morgan fingerprint density at radius 3 is 2.19 bits per heavy atom. The van der Waals surface area contributed by atoms with Gasteiger partial charge in [-0.25, -0.2) is 4.79 Å². The summed E-state index contributed by atoms with van der Waals surface area (Å²) in [4.78, 5) is 12.7. The van der Waals surface area contributed by atoms with E-state index in [1.54, 1.807) is 18.2 Å². The number of aromatic hydroxyl groups is 1. The molecule has 132 valence electrons. The van der Waals surface area contributed by atoms with Crippen LogP contribution in [-0.4, -0.2) is 5.11 Å². The lowest BCUT2D eigenvalue weighted by Gasteiger charge is -2.15. The van der Waals surface area contributed by atoms with Crippen molar-refractivity contribution in [1.29, 1.82) is 0 Å². The van der Waals surface area contributed by atoms with Gasteiger partial charge < -0.3 is 9.52 Å². The van der Waals surface area contributed by atoms with Crippen LogP contribution in [0.5, 0.6) is 5.75 Å². The van der Waals surface area contributed by atoms with E-state index in [0.717, 1.165) is 11.1 Å². The Balaban J connectivity index is 1.90. The van der Waals surface area contributed by atoms with Crippen LogP contribution < -0.4 is 5.63 Å². The molecule has 3 heteroatoms. The van der Waals surface area contributed by atoms with E-state index in [1.807, 2.05) is 78.9 Å². The Morgan fingerprint density at radius 1 is 0.815 bits per heavy atom. The predicted octanol–water partition coefficient (Wildman–Crippen LogP) is 5.34. The lowest BCUT2D eigenvalue weighted by atomic mass is 9.90. The van der Waals surface area contributed by atoms with Gasteiger partial charge in [0.05, 0.1) is 10.9 Å². The number of hydrogen-bond donors (Lipinski definition) is 1. The highest BCUT2D eigenvalue weighted by molar-refractivity contribution is 5.84. The topological polar surface area (TPSA) is 50.4 Å². The molecule has 4 rings (SSSR count). The molecular weight excluding hydrogens is 336 g/mol. The summed E-state index contributed by atoms with van der Waals surface area (Å²) in [6.07, 6.45) is 3.87. The first-order valence-corrected chi connectivity index (χ1v) is 8.77.